The molecule has 0 amide bonds. The molecule has 0 bridgehead atoms. The predicted molar refractivity (Wildman–Crippen MR) is 293 cm³/mol. The highest BCUT2D eigenvalue weighted by Crippen LogP contribution is 2.15. The number of ether oxygens (including phenoxy) is 3. The second-order valence-corrected chi connectivity index (χ2v) is 19.5. The third-order valence-corrected chi connectivity index (χ3v) is 12.7. The molecule has 0 heterocycles. The third kappa shape index (κ3) is 54.1. The first-order chi connectivity index (χ1) is 33.5. The zero-order chi connectivity index (χ0) is 49.3. The van der Waals surface area contributed by atoms with Crippen LogP contribution in [0, 0.1) is 0 Å². The SMILES string of the molecule is CCCC/C=C\C/C=C\CCCCCCCC(=O)OCC(COC(=O)CCCCCCCCCCC/C=C\CCCCCCCCCC)OC(=O)CCCCCCC/C=C\C/C=C\CCCCC. The highest BCUT2D eigenvalue weighted by atomic mass is 16.6. The molecule has 394 valence electrons. The first-order valence-corrected chi connectivity index (χ1v) is 29.3. The van der Waals surface area contributed by atoms with Crippen molar-refractivity contribution in [3.63, 3.8) is 0 Å². The molecule has 6 nitrogen and oxygen atoms in total. The van der Waals surface area contributed by atoms with E-state index in [-0.39, 0.29) is 31.1 Å². The highest BCUT2D eigenvalue weighted by molar-refractivity contribution is 5.71. The molecular weight excluding hydrogens is 841 g/mol. The molecule has 0 N–H and O–H groups in total. The van der Waals surface area contributed by atoms with Crippen LogP contribution in [0.5, 0.6) is 0 Å². The molecule has 0 aliphatic carbocycles. The van der Waals surface area contributed by atoms with Gasteiger partial charge in [0.2, 0.25) is 0 Å². The Morgan fingerprint density at radius 3 is 0.897 bits per heavy atom. The lowest BCUT2D eigenvalue weighted by molar-refractivity contribution is -0.167. The summed E-state index contributed by atoms with van der Waals surface area (Å²) in [7, 11) is 0. The number of hydrogen-bond acceptors (Lipinski definition) is 6. The lowest BCUT2D eigenvalue weighted by Gasteiger charge is -2.18. The normalized spacial score (nSPS) is 12.5. The fraction of sp³-hybridized carbons (Fsp3) is 0.790. The van der Waals surface area contributed by atoms with Gasteiger partial charge in [-0.1, -0.05) is 236 Å². The van der Waals surface area contributed by atoms with Gasteiger partial charge in [-0.3, -0.25) is 14.4 Å². The molecule has 0 radical (unpaired) electrons. The van der Waals surface area contributed by atoms with E-state index in [0.717, 1.165) is 103 Å². The summed E-state index contributed by atoms with van der Waals surface area (Å²) >= 11 is 0. The first-order valence-electron chi connectivity index (χ1n) is 29.3. The van der Waals surface area contributed by atoms with E-state index < -0.39 is 6.10 Å². The summed E-state index contributed by atoms with van der Waals surface area (Å²) in [6.45, 7) is 6.57. The maximum Gasteiger partial charge on any atom is 0.306 e. The van der Waals surface area contributed by atoms with E-state index in [2.05, 4.69) is 81.5 Å². The molecule has 68 heavy (non-hydrogen) atoms. The number of carbonyl (C=O) groups is 3. The first kappa shape index (κ1) is 65.1. The van der Waals surface area contributed by atoms with Crippen LogP contribution in [0.4, 0.5) is 0 Å². The van der Waals surface area contributed by atoms with Gasteiger partial charge in [-0.15, -0.1) is 0 Å². The number of esters is 3. The Labute approximate surface area is 421 Å². The monoisotopic (exact) mass is 951 g/mol. The largest absolute Gasteiger partial charge is 0.462 e. The number of carbonyl (C=O) groups excluding carboxylic acids is 3. The molecule has 0 aliphatic heterocycles. The molecule has 0 saturated carbocycles. The van der Waals surface area contributed by atoms with Gasteiger partial charge in [-0.25, -0.2) is 0 Å². The summed E-state index contributed by atoms with van der Waals surface area (Å²) in [5.41, 5.74) is 0. The minimum atomic E-state index is -0.788. The Bertz CT molecular complexity index is 1230. The van der Waals surface area contributed by atoms with Gasteiger partial charge in [0.1, 0.15) is 13.2 Å². The van der Waals surface area contributed by atoms with E-state index in [9.17, 15) is 14.4 Å². The highest BCUT2D eigenvalue weighted by Gasteiger charge is 2.19. The molecule has 0 spiro atoms. The summed E-state index contributed by atoms with van der Waals surface area (Å²) < 4.78 is 16.9. The van der Waals surface area contributed by atoms with E-state index in [1.807, 2.05) is 0 Å². The molecule has 0 aromatic carbocycles. The quantitative estimate of drug-likeness (QED) is 0.0262. The van der Waals surface area contributed by atoms with Crippen LogP contribution >= 0.6 is 0 Å². The van der Waals surface area contributed by atoms with Crippen LogP contribution in [-0.4, -0.2) is 37.2 Å². The zero-order valence-electron chi connectivity index (χ0n) is 45.1. The van der Waals surface area contributed by atoms with Gasteiger partial charge in [0, 0.05) is 19.3 Å². The Balaban J connectivity index is 4.36. The summed E-state index contributed by atoms with van der Waals surface area (Å²) in [5.74, 6) is -0.905. The Hall–Kier alpha value is -2.89. The topological polar surface area (TPSA) is 78.9 Å². The van der Waals surface area contributed by atoms with E-state index in [0.29, 0.717) is 19.3 Å². The molecule has 0 aromatic heterocycles. The van der Waals surface area contributed by atoms with Gasteiger partial charge in [-0.2, -0.15) is 0 Å². The molecule has 0 aromatic rings. The average Bonchev–Trinajstić information content (AvgIpc) is 3.34. The van der Waals surface area contributed by atoms with E-state index in [4.69, 9.17) is 14.2 Å². The molecule has 0 saturated heterocycles. The van der Waals surface area contributed by atoms with Crippen molar-refractivity contribution in [3.05, 3.63) is 60.8 Å². The third-order valence-electron chi connectivity index (χ3n) is 12.7. The lowest BCUT2D eigenvalue weighted by Crippen LogP contribution is -2.30. The van der Waals surface area contributed by atoms with Crippen molar-refractivity contribution in [1.82, 2.24) is 0 Å². The van der Waals surface area contributed by atoms with Crippen LogP contribution in [0.3, 0.4) is 0 Å². The number of rotatable bonds is 53. The lowest BCUT2D eigenvalue weighted by atomic mass is 10.1. The van der Waals surface area contributed by atoms with Gasteiger partial charge >= 0.3 is 17.9 Å². The second kappa shape index (κ2) is 56.7. The van der Waals surface area contributed by atoms with Crippen molar-refractivity contribution in [2.45, 2.75) is 303 Å². The Kier molecular flexibility index (Phi) is 54.3. The van der Waals surface area contributed by atoms with Crippen molar-refractivity contribution < 1.29 is 28.6 Å². The molecule has 1 atom stereocenters. The summed E-state index contributed by atoms with van der Waals surface area (Å²) in [6.07, 6.45) is 70.7. The standard InChI is InChI=1S/C62H110O6/c1-4-7-10-13-16-19-22-25-28-29-30-31-32-33-35-37-40-43-46-49-52-55-61(64)67-58-59(57-66-60(63)54-51-48-45-42-39-36-27-24-21-18-15-12-9-6-3)68-62(65)56-53-50-47-44-41-38-34-26-23-20-17-14-11-8-5-2/h15,17-18,20,24,26-27,29-30,34,59H,4-14,16,19,21-23,25,28,31-33,35-58H2,1-3H3/b18-15-,20-17-,27-24-,30-29-,34-26-. The van der Waals surface area contributed by atoms with Crippen molar-refractivity contribution >= 4 is 17.9 Å². The maximum atomic E-state index is 12.8. The number of unbranched alkanes of at least 4 members (excludes halogenated alkanes) is 32. The zero-order valence-corrected chi connectivity index (χ0v) is 45.1. The molecular formula is C62H110O6. The fourth-order valence-electron chi connectivity index (χ4n) is 8.25. The van der Waals surface area contributed by atoms with Crippen LogP contribution in [0.1, 0.15) is 297 Å². The van der Waals surface area contributed by atoms with E-state index >= 15 is 0 Å². The minimum Gasteiger partial charge on any atom is -0.462 e. The van der Waals surface area contributed by atoms with Crippen LogP contribution in [0.2, 0.25) is 0 Å². The van der Waals surface area contributed by atoms with Crippen LogP contribution < -0.4 is 0 Å². The summed E-state index contributed by atoms with van der Waals surface area (Å²) in [4.78, 5) is 38.1. The maximum absolute atomic E-state index is 12.8. The molecule has 1 unspecified atom stereocenters. The fourth-order valence-corrected chi connectivity index (χ4v) is 8.25. The second-order valence-electron chi connectivity index (χ2n) is 19.5. The molecule has 6 heteroatoms. The number of hydrogen-bond donors (Lipinski definition) is 0. The summed E-state index contributed by atoms with van der Waals surface area (Å²) in [5, 5.41) is 0. The number of allylic oxidation sites excluding steroid dienone is 10. The van der Waals surface area contributed by atoms with Crippen LogP contribution in [-0.2, 0) is 28.6 Å². The van der Waals surface area contributed by atoms with Crippen molar-refractivity contribution in [1.29, 1.82) is 0 Å². The van der Waals surface area contributed by atoms with Crippen molar-refractivity contribution in [2.75, 3.05) is 13.2 Å². The van der Waals surface area contributed by atoms with E-state index in [1.54, 1.807) is 0 Å². The van der Waals surface area contributed by atoms with Gasteiger partial charge in [0.15, 0.2) is 6.10 Å². The Morgan fingerprint density at radius 1 is 0.294 bits per heavy atom. The van der Waals surface area contributed by atoms with Gasteiger partial charge in [0.25, 0.3) is 0 Å². The van der Waals surface area contributed by atoms with Crippen molar-refractivity contribution in [2.24, 2.45) is 0 Å². The van der Waals surface area contributed by atoms with Gasteiger partial charge in [-0.05, 0) is 103 Å². The minimum absolute atomic E-state index is 0.0847. The van der Waals surface area contributed by atoms with Crippen LogP contribution in [0.25, 0.3) is 0 Å². The average molecular weight is 952 g/mol. The summed E-state index contributed by atoms with van der Waals surface area (Å²) in [6, 6.07) is 0. The predicted octanol–water partition coefficient (Wildman–Crippen LogP) is 19.6. The Morgan fingerprint density at radius 2 is 0.544 bits per heavy atom. The van der Waals surface area contributed by atoms with Gasteiger partial charge < -0.3 is 14.2 Å². The smallest absolute Gasteiger partial charge is 0.306 e. The molecule has 0 rings (SSSR count). The molecule has 0 fully saturated rings. The van der Waals surface area contributed by atoms with Crippen molar-refractivity contribution in [3.8, 4) is 0 Å². The van der Waals surface area contributed by atoms with E-state index in [1.165, 1.54) is 154 Å². The van der Waals surface area contributed by atoms with Crippen LogP contribution in [0.15, 0.2) is 60.8 Å². The van der Waals surface area contributed by atoms with Gasteiger partial charge in [0.05, 0.1) is 0 Å². The molecule has 0 aliphatic rings.